The Kier molecular flexibility index (Phi) is 6.80. The minimum absolute atomic E-state index is 0.126. The summed E-state index contributed by atoms with van der Waals surface area (Å²) < 4.78 is 21.3. The van der Waals surface area contributed by atoms with Crippen LogP contribution in [0.25, 0.3) is 16.8 Å². The Morgan fingerprint density at radius 3 is 2.21 bits per heavy atom. The van der Waals surface area contributed by atoms with Gasteiger partial charge in [0.2, 0.25) is 5.95 Å². The van der Waals surface area contributed by atoms with E-state index in [2.05, 4.69) is 9.97 Å². The first-order valence-corrected chi connectivity index (χ1v) is 12.1. The highest BCUT2D eigenvalue weighted by atomic mass is 35.5. The summed E-state index contributed by atoms with van der Waals surface area (Å²) in [6, 6.07) is 13.9. The molecule has 2 N–H and O–H groups in total. The molecule has 2 heterocycles. The Labute approximate surface area is 228 Å². The molecular weight excluding hydrogens is 526 g/mol. The average Bonchev–Trinajstić information content (AvgIpc) is 3.49. The molecule has 0 aliphatic carbocycles. The number of nitrogens with one attached hydrogen (secondary N) is 1. The maximum Gasteiger partial charge on any atom is 0.302 e. The third-order valence-electron chi connectivity index (χ3n) is 6.51. The summed E-state index contributed by atoms with van der Waals surface area (Å²) in [6.45, 7) is 0. The van der Waals surface area contributed by atoms with Crippen LogP contribution in [0.1, 0.15) is 17.2 Å². The van der Waals surface area contributed by atoms with E-state index in [0.29, 0.717) is 28.1 Å². The molecule has 1 unspecified atom stereocenters. The minimum atomic E-state index is -1.04. The van der Waals surface area contributed by atoms with Gasteiger partial charge in [0.1, 0.15) is 28.8 Å². The number of ketones is 1. The van der Waals surface area contributed by atoms with Crippen LogP contribution in [0.2, 0.25) is 5.02 Å². The molecule has 5 rings (SSSR count). The van der Waals surface area contributed by atoms with E-state index in [4.69, 9.17) is 30.5 Å². The first kappa shape index (κ1) is 25.9. The quantitative estimate of drug-likeness (QED) is 0.190. The summed E-state index contributed by atoms with van der Waals surface area (Å²) in [4.78, 5) is 36.0. The van der Waals surface area contributed by atoms with Crippen LogP contribution in [0.15, 0.2) is 60.2 Å². The van der Waals surface area contributed by atoms with Gasteiger partial charge >= 0.3 is 5.91 Å². The van der Waals surface area contributed by atoms with Crippen molar-refractivity contribution < 1.29 is 33.6 Å². The molecule has 4 aromatic rings. The molecule has 11 heteroatoms. The lowest BCUT2D eigenvalue weighted by Crippen LogP contribution is -2.30. The number of aliphatic hydroxyl groups is 1. The summed E-state index contributed by atoms with van der Waals surface area (Å²) in [5.41, 5.74) is 1.67. The molecule has 1 aromatic heterocycles. The number of fused-ring (bicyclic) bond motifs is 1. The van der Waals surface area contributed by atoms with E-state index >= 15 is 0 Å². The maximum absolute atomic E-state index is 13.6. The van der Waals surface area contributed by atoms with Crippen molar-refractivity contribution in [3.63, 3.8) is 0 Å². The van der Waals surface area contributed by atoms with Crippen LogP contribution in [-0.4, -0.2) is 55.2 Å². The molecule has 0 spiro atoms. The first-order valence-electron chi connectivity index (χ1n) is 11.7. The number of halogens is 1. The number of anilines is 1. The number of ether oxygens (including phenoxy) is 4. The van der Waals surface area contributed by atoms with Crippen LogP contribution in [-0.2, 0) is 9.59 Å². The summed E-state index contributed by atoms with van der Waals surface area (Å²) >= 11 is 6.25. The maximum atomic E-state index is 13.6. The fraction of sp³-hybridized carbons (Fsp3) is 0.179. The van der Waals surface area contributed by atoms with Crippen LogP contribution in [0, 0.1) is 0 Å². The molecule has 1 aliphatic rings. The number of methoxy groups -OCH3 is 4. The third kappa shape index (κ3) is 4.38. The van der Waals surface area contributed by atoms with E-state index in [1.807, 2.05) is 0 Å². The molecule has 1 fully saturated rings. The fourth-order valence-electron chi connectivity index (χ4n) is 4.56. The Balaban J connectivity index is 1.75. The van der Waals surface area contributed by atoms with Gasteiger partial charge in [0.15, 0.2) is 0 Å². The number of Topliss-reactive ketones (excluding diaryl/α,β-unsaturated/α-hetero) is 1. The predicted octanol–water partition coefficient (Wildman–Crippen LogP) is 4.88. The zero-order valence-corrected chi connectivity index (χ0v) is 22.2. The predicted molar refractivity (Wildman–Crippen MR) is 145 cm³/mol. The number of amides is 1. The Bertz CT molecular complexity index is 1630. The van der Waals surface area contributed by atoms with E-state index < -0.39 is 23.5 Å². The normalized spacial score (nSPS) is 16.5. The number of carbonyl (C=O) groups is 2. The number of aromatic nitrogens is 2. The van der Waals surface area contributed by atoms with Crippen molar-refractivity contribution in [1.82, 2.24) is 9.97 Å². The highest BCUT2D eigenvalue weighted by molar-refractivity contribution is 6.51. The Hall–Kier alpha value is -4.70. The zero-order chi connectivity index (χ0) is 27.8. The Morgan fingerprint density at radius 2 is 1.56 bits per heavy atom. The van der Waals surface area contributed by atoms with Gasteiger partial charge < -0.3 is 29.0 Å². The number of aromatic amines is 1. The molecule has 1 atom stereocenters. The molecule has 1 aliphatic heterocycles. The van der Waals surface area contributed by atoms with Crippen molar-refractivity contribution in [2.24, 2.45) is 0 Å². The van der Waals surface area contributed by atoms with Gasteiger partial charge in [0.05, 0.1) is 61.7 Å². The molecule has 0 bridgehead atoms. The number of benzene rings is 3. The second-order valence-electron chi connectivity index (χ2n) is 8.57. The van der Waals surface area contributed by atoms with E-state index in [1.54, 1.807) is 49.6 Å². The van der Waals surface area contributed by atoms with E-state index in [0.717, 1.165) is 0 Å². The standard InChI is InChI=1S/C28H24ClN3O7/c1-36-15-7-5-14(6-8-15)24-23(25(33)17-12-22(39-4)18(29)13-21(17)38-3)26(34)27(35)32(24)28-30-19-10-9-16(37-2)11-20(19)31-28/h5-13,24,33H,1-4H3,(H,30,31)/b25-23+. The van der Waals surface area contributed by atoms with Crippen LogP contribution in [0.3, 0.4) is 0 Å². The van der Waals surface area contributed by atoms with Gasteiger partial charge in [-0.05, 0) is 35.9 Å². The van der Waals surface area contributed by atoms with Gasteiger partial charge in [-0.3, -0.25) is 14.5 Å². The third-order valence-corrected chi connectivity index (χ3v) is 6.81. The number of aliphatic hydroxyl groups excluding tert-OH is 1. The average molecular weight is 550 g/mol. The van der Waals surface area contributed by atoms with Crippen LogP contribution in [0.4, 0.5) is 5.95 Å². The lowest BCUT2D eigenvalue weighted by atomic mass is 9.95. The fourth-order valence-corrected chi connectivity index (χ4v) is 4.79. The molecule has 1 amide bonds. The Morgan fingerprint density at radius 1 is 0.897 bits per heavy atom. The number of hydrogen-bond acceptors (Lipinski definition) is 8. The van der Waals surface area contributed by atoms with Crippen molar-refractivity contribution in [3.8, 4) is 23.0 Å². The van der Waals surface area contributed by atoms with Crippen LogP contribution >= 0.6 is 11.6 Å². The zero-order valence-electron chi connectivity index (χ0n) is 21.4. The number of nitrogens with zero attached hydrogens (tertiary/aromatic N) is 2. The summed E-state index contributed by atoms with van der Waals surface area (Å²) in [5.74, 6) is -0.493. The van der Waals surface area contributed by atoms with Crippen molar-refractivity contribution in [1.29, 1.82) is 0 Å². The van der Waals surface area contributed by atoms with Gasteiger partial charge in [-0.2, -0.15) is 0 Å². The lowest BCUT2D eigenvalue weighted by Gasteiger charge is -2.23. The van der Waals surface area contributed by atoms with Crippen molar-refractivity contribution in [2.75, 3.05) is 33.3 Å². The van der Waals surface area contributed by atoms with Gasteiger partial charge in [-0.15, -0.1) is 0 Å². The topological polar surface area (TPSA) is 123 Å². The number of hydrogen-bond donors (Lipinski definition) is 2. The van der Waals surface area contributed by atoms with Crippen LogP contribution < -0.4 is 23.8 Å². The molecule has 39 heavy (non-hydrogen) atoms. The van der Waals surface area contributed by atoms with Gasteiger partial charge in [0.25, 0.3) is 5.78 Å². The molecule has 0 saturated carbocycles. The molecule has 200 valence electrons. The van der Waals surface area contributed by atoms with Crippen molar-refractivity contribution >= 4 is 46.0 Å². The van der Waals surface area contributed by atoms with Gasteiger partial charge in [-0.25, -0.2) is 4.98 Å². The summed E-state index contributed by atoms with van der Waals surface area (Å²) in [6.07, 6.45) is 0. The second-order valence-corrected chi connectivity index (χ2v) is 8.98. The molecule has 1 saturated heterocycles. The van der Waals surface area contributed by atoms with E-state index in [-0.39, 0.29) is 33.6 Å². The number of carbonyl (C=O) groups excluding carboxylic acids is 2. The largest absolute Gasteiger partial charge is 0.507 e. The molecule has 3 aromatic carbocycles. The molecule has 10 nitrogen and oxygen atoms in total. The van der Waals surface area contributed by atoms with Crippen molar-refractivity contribution in [3.05, 3.63) is 76.3 Å². The summed E-state index contributed by atoms with van der Waals surface area (Å²) in [7, 11) is 5.90. The minimum Gasteiger partial charge on any atom is -0.507 e. The summed E-state index contributed by atoms with van der Waals surface area (Å²) in [5, 5.41) is 11.8. The highest BCUT2D eigenvalue weighted by Gasteiger charge is 2.48. The second kappa shape index (κ2) is 10.2. The highest BCUT2D eigenvalue weighted by Crippen LogP contribution is 2.44. The lowest BCUT2D eigenvalue weighted by molar-refractivity contribution is -0.132. The smallest absolute Gasteiger partial charge is 0.302 e. The molecular formula is C28H24ClN3O7. The van der Waals surface area contributed by atoms with Gasteiger partial charge in [-0.1, -0.05) is 23.7 Å². The molecule has 0 radical (unpaired) electrons. The van der Waals surface area contributed by atoms with E-state index in [1.165, 1.54) is 38.4 Å². The monoisotopic (exact) mass is 549 g/mol. The SMILES string of the molecule is COc1ccc(C2/C(=C(\O)c3cc(OC)c(Cl)cc3OC)C(=O)C(=O)N2c2nc3ccc(OC)cc3[nH]2)cc1. The number of imidazole rings is 1. The van der Waals surface area contributed by atoms with Gasteiger partial charge in [0, 0.05) is 12.1 Å². The van der Waals surface area contributed by atoms with E-state index in [9.17, 15) is 14.7 Å². The first-order chi connectivity index (χ1) is 18.8. The number of rotatable bonds is 7. The number of H-pyrrole nitrogens is 1. The van der Waals surface area contributed by atoms with Crippen LogP contribution in [0.5, 0.6) is 23.0 Å². The van der Waals surface area contributed by atoms with Crippen molar-refractivity contribution in [2.45, 2.75) is 6.04 Å².